The quantitative estimate of drug-likeness (QED) is 0.663. The van der Waals surface area contributed by atoms with Gasteiger partial charge in [-0.25, -0.2) is 4.68 Å². The monoisotopic (exact) mass is 495 g/mol. The number of ether oxygens (including phenoxy) is 4. The summed E-state index contributed by atoms with van der Waals surface area (Å²) in [7, 11) is 0. The standard InChI is InChI=1S/C24H28F3N3O5/c25-24(26,27)14-33-12-15-1-2-20-17(9-15)10-18(13-34-20)28-23(31)19-11-22-30(29-19)6-3-21(35-22)16-4-7-32-8-5-16/h1-2,9,11,16,18,21H,3-8,10,12-14H2,(H,28,31)/t18-,21?/m1/s1. The van der Waals surface area contributed by atoms with E-state index >= 15 is 0 Å². The highest BCUT2D eigenvalue weighted by molar-refractivity contribution is 5.92. The smallest absolute Gasteiger partial charge is 0.411 e. The summed E-state index contributed by atoms with van der Waals surface area (Å²) in [6.07, 6.45) is -0.962. The van der Waals surface area contributed by atoms with Crippen molar-refractivity contribution in [2.45, 2.75) is 57.2 Å². The minimum Gasteiger partial charge on any atom is -0.491 e. The molecule has 0 spiro atoms. The van der Waals surface area contributed by atoms with Crippen molar-refractivity contribution in [1.82, 2.24) is 15.1 Å². The van der Waals surface area contributed by atoms with Gasteiger partial charge in [-0.15, -0.1) is 0 Å². The minimum absolute atomic E-state index is 0.108. The Hall–Kier alpha value is -2.79. The van der Waals surface area contributed by atoms with Gasteiger partial charge in [0.05, 0.1) is 12.6 Å². The number of aromatic nitrogens is 2. The van der Waals surface area contributed by atoms with Crippen LogP contribution in [0, 0.1) is 5.92 Å². The molecule has 4 heterocycles. The van der Waals surface area contributed by atoms with Crippen LogP contribution in [0.5, 0.6) is 11.6 Å². The zero-order valence-corrected chi connectivity index (χ0v) is 19.2. The Balaban J connectivity index is 1.17. The summed E-state index contributed by atoms with van der Waals surface area (Å²) in [6, 6.07) is 6.53. The fourth-order valence-electron chi connectivity index (χ4n) is 4.82. The number of benzene rings is 1. The van der Waals surface area contributed by atoms with Crippen molar-refractivity contribution in [2.24, 2.45) is 5.92 Å². The fraction of sp³-hybridized carbons (Fsp3) is 0.583. The van der Waals surface area contributed by atoms with Gasteiger partial charge in [0.1, 0.15) is 25.1 Å². The van der Waals surface area contributed by atoms with E-state index in [4.69, 9.17) is 18.9 Å². The first kappa shape index (κ1) is 23.9. The van der Waals surface area contributed by atoms with E-state index in [0.29, 0.717) is 42.7 Å². The highest BCUT2D eigenvalue weighted by Gasteiger charge is 2.32. The zero-order chi connectivity index (χ0) is 24.4. The van der Waals surface area contributed by atoms with Crippen molar-refractivity contribution >= 4 is 5.91 Å². The van der Waals surface area contributed by atoms with Gasteiger partial charge in [-0.2, -0.15) is 18.3 Å². The molecule has 1 amide bonds. The summed E-state index contributed by atoms with van der Waals surface area (Å²) in [5.41, 5.74) is 1.70. The van der Waals surface area contributed by atoms with Crippen LogP contribution in [-0.2, 0) is 29.0 Å². The second-order valence-electron chi connectivity index (χ2n) is 9.22. The molecule has 1 aromatic heterocycles. The van der Waals surface area contributed by atoms with Crippen molar-refractivity contribution in [1.29, 1.82) is 0 Å². The van der Waals surface area contributed by atoms with E-state index in [9.17, 15) is 18.0 Å². The molecule has 1 fully saturated rings. The van der Waals surface area contributed by atoms with Gasteiger partial charge in [0.2, 0.25) is 5.88 Å². The van der Waals surface area contributed by atoms with E-state index in [1.54, 1.807) is 28.9 Å². The molecule has 11 heteroatoms. The van der Waals surface area contributed by atoms with Gasteiger partial charge >= 0.3 is 6.18 Å². The van der Waals surface area contributed by atoms with E-state index in [2.05, 4.69) is 10.4 Å². The van der Waals surface area contributed by atoms with Crippen molar-refractivity contribution < 1.29 is 36.9 Å². The van der Waals surface area contributed by atoms with Crippen LogP contribution in [0.2, 0.25) is 0 Å². The molecule has 1 saturated heterocycles. The lowest BCUT2D eigenvalue weighted by Gasteiger charge is -2.33. The molecule has 8 nitrogen and oxygen atoms in total. The first-order valence-corrected chi connectivity index (χ1v) is 11.9. The predicted molar refractivity (Wildman–Crippen MR) is 117 cm³/mol. The molecule has 2 aromatic rings. The molecule has 0 radical (unpaired) electrons. The second-order valence-corrected chi connectivity index (χ2v) is 9.22. The lowest BCUT2D eigenvalue weighted by atomic mass is 9.91. The molecule has 1 aromatic carbocycles. The fourth-order valence-corrected chi connectivity index (χ4v) is 4.82. The van der Waals surface area contributed by atoms with E-state index in [1.165, 1.54) is 0 Å². The number of hydrogen-bond acceptors (Lipinski definition) is 6. The number of hydrogen-bond donors (Lipinski definition) is 1. The van der Waals surface area contributed by atoms with Crippen LogP contribution in [0.4, 0.5) is 13.2 Å². The number of rotatable bonds is 6. The second kappa shape index (κ2) is 10.1. The summed E-state index contributed by atoms with van der Waals surface area (Å²) in [4.78, 5) is 12.9. The van der Waals surface area contributed by atoms with Gasteiger partial charge in [-0.1, -0.05) is 6.07 Å². The zero-order valence-electron chi connectivity index (χ0n) is 19.2. The lowest BCUT2D eigenvalue weighted by Crippen LogP contribution is -2.43. The van der Waals surface area contributed by atoms with Crippen LogP contribution in [0.25, 0.3) is 0 Å². The SMILES string of the molecule is O=C(N[C@H]1COc2ccc(COCC(F)(F)F)cc2C1)c1cc2n(n1)CCC(C1CCOCC1)O2. The minimum atomic E-state index is -4.37. The molecule has 1 N–H and O–H groups in total. The average molecular weight is 495 g/mol. The van der Waals surface area contributed by atoms with Crippen LogP contribution < -0.4 is 14.8 Å². The maximum atomic E-state index is 12.9. The van der Waals surface area contributed by atoms with Gasteiger partial charge < -0.3 is 24.3 Å². The Morgan fingerprint density at radius 3 is 2.83 bits per heavy atom. The highest BCUT2D eigenvalue weighted by Crippen LogP contribution is 2.31. The van der Waals surface area contributed by atoms with E-state index in [0.717, 1.165) is 38.0 Å². The van der Waals surface area contributed by atoms with Crippen molar-refractivity contribution in [3.63, 3.8) is 0 Å². The predicted octanol–water partition coefficient (Wildman–Crippen LogP) is 3.27. The molecule has 0 bridgehead atoms. The largest absolute Gasteiger partial charge is 0.491 e. The summed E-state index contributed by atoms with van der Waals surface area (Å²) >= 11 is 0. The normalized spacial score (nSPS) is 22.5. The van der Waals surface area contributed by atoms with Gasteiger partial charge in [-0.3, -0.25) is 4.79 Å². The number of amides is 1. The molecule has 2 atom stereocenters. The van der Waals surface area contributed by atoms with Crippen LogP contribution in [0.15, 0.2) is 24.3 Å². The molecule has 0 saturated carbocycles. The number of fused-ring (bicyclic) bond motifs is 2. The molecule has 190 valence electrons. The molecular formula is C24H28F3N3O5. The number of carbonyl (C=O) groups is 1. The van der Waals surface area contributed by atoms with Gasteiger partial charge in [0, 0.05) is 38.2 Å². The topological polar surface area (TPSA) is 83.8 Å². The van der Waals surface area contributed by atoms with Crippen LogP contribution in [0.1, 0.15) is 40.9 Å². The van der Waals surface area contributed by atoms with Crippen LogP contribution >= 0.6 is 0 Å². The highest BCUT2D eigenvalue weighted by atomic mass is 19.4. The van der Waals surface area contributed by atoms with Crippen LogP contribution in [-0.4, -0.2) is 60.4 Å². The summed E-state index contributed by atoms with van der Waals surface area (Å²) in [6.45, 7) is 1.05. The average Bonchev–Trinajstić information content (AvgIpc) is 3.27. The third kappa shape index (κ3) is 5.90. The Labute approximate surface area is 200 Å². The molecule has 0 aliphatic carbocycles. The maximum Gasteiger partial charge on any atom is 0.411 e. The number of alkyl halides is 3. The Morgan fingerprint density at radius 2 is 2.03 bits per heavy atom. The van der Waals surface area contributed by atoms with Gasteiger partial charge in [-0.05, 0) is 42.5 Å². The number of halogens is 3. The molecule has 5 rings (SSSR count). The van der Waals surface area contributed by atoms with E-state index in [1.807, 2.05) is 0 Å². The number of aryl methyl sites for hydroxylation is 1. The summed E-state index contributed by atoms with van der Waals surface area (Å²) in [5.74, 6) is 1.39. The van der Waals surface area contributed by atoms with E-state index < -0.39 is 12.8 Å². The molecule has 3 aliphatic heterocycles. The van der Waals surface area contributed by atoms with E-state index in [-0.39, 0.29) is 30.4 Å². The third-order valence-electron chi connectivity index (χ3n) is 6.57. The molecule has 35 heavy (non-hydrogen) atoms. The van der Waals surface area contributed by atoms with Crippen molar-refractivity contribution in [2.75, 3.05) is 26.4 Å². The van der Waals surface area contributed by atoms with Crippen molar-refractivity contribution in [3.05, 3.63) is 41.1 Å². The first-order valence-electron chi connectivity index (χ1n) is 11.9. The summed E-state index contributed by atoms with van der Waals surface area (Å²) in [5, 5.41) is 7.36. The molecule has 1 unspecified atom stereocenters. The number of nitrogens with one attached hydrogen (secondary N) is 1. The maximum absolute atomic E-state index is 12.9. The van der Waals surface area contributed by atoms with Crippen molar-refractivity contribution in [3.8, 4) is 11.6 Å². The Morgan fingerprint density at radius 1 is 1.20 bits per heavy atom. The number of nitrogens with zero attached hydrogens (tertiary/aromatic N) is 2. The molecular weight excluding hydrogens is 467 g/mol. The van der Waals surface area contributed by atoms with Gasteiger partial charge in [0.15, 0.2) is 5.69 Å². The number of carbonyl (C=O) groups excluding carboxylic acids is 1. The summed E-state index contributed by atoms with van der Waals surface area (Å²) < 4.78 is 60.8. The van der Waals surface area contributed by atoms with Crippen LogP contribution in [0.3, 0.4) is 0 Å². The Kier molecular flexibility index (Phi) is 6.88. The third-order valence-corrected chi connectivity index (χ3v) is 6.57. The van der Waals surface area contributed by atoms with Gasteiger partial charge in [0.25, 0.3) is 5.91 Å². The first-order chi connectivity index (χ1) is 16.8. The lowest BCUT2D eigenvalue weighted by molar-refractivity contribution is -0.176. The molecule has 3 aliphatic rings. The Bertz CT molecular complexity index is 1050.